The Morgan fingerprint density at radius 1 is 0.500 bits per heavy atom. The molecule has 0 saturated carbocycles. The summed E-state index contributed by atoms with van der Waals surface area (Å²) in [5.41, 5.74) is 3.43. The van der Waals surface area contributed by atoms with Crippen molar-refractivity contribution in [2.24, 2.45) is 0 Å². The maximum atomic E-state index is 5.86. The summed E-state index contributed by atoms with van der Waals surface area (Å²) in [6.45, 7) is 16.1. The molecular formula is C36H40Cl3N4O4Rh. The predicted octanol–water partition coefficient (Wildman–Crippen LogP) is 7.10. The average Bonchev–Trinajstić information content (AvgIpc) is 3.00. The van der Waals surface area contributed by atoms with Gasteiger partial charge in [-0.2, -0.15) is 0 Å². The standard InChI is InChI=1S/2C18H20N2O2.3ClH.Rh/c2*1-11(2)21-14-9-13-5-6-15-16(22-12(3)4)7-8-19-18(15)17(13)20-10-14;;;;/h2*5-12H,1-4H3;3*1H;/q;;;;;+3/p-3. The molecule has 258 valence electrons. The first-order valence-electron chi connectivity index (χ1n) is 15.4. The van der Waals surface area contributed by atoms with Crippen LogP contribution in [0, 0.1) is 0 Å². The van der Waals surface area contributed by atoms with Crippen molar-refractivity contribution in [3.05, 3.63) is 73.3 Å². The van der Waals surface area contributed by atoms with Gasteiger partial charge in [-0.25, -0.2) is 0 Å². The summed E-state index contributed by atoms with van der Waals surface area (Å²) in [5, 5.41) is 3.99. The fourth-order valence-electron chi connectivity index (χ4n) is 4.92. The molecule has 0 aliphatic heterocycles. The molecule has 0 amide bonds. The van der Waals surface area contributed by atoms with Gasteiger partial charge in [0.05, 0.1) is 47.8 Å². The molecule has 0 radical (unpaired) electrons. The molecule has 0 fully saturated rings. The summed E-state index contributed by atoms with van der Waals surface area (Å²) in [5.74, 6) is 3.23. The quantitative estimate of drug-likeness (QED) is 0.119. The monoisotopic (exact) mass is 800 g/mol. The molecule has 8 nitrogen and oxygen atoms in total. The second-order valence-electron chi connectivity index (χ2n) is 11.7. The van der Waals surface area contributed by atoms with Crippen molar-refractivity contribution in [1.82, 2.24) is 19.9 Å². The number of pyridine rings is 4. The van der Waals surface area contributed by atoms with Gasteiger partial charge in [0.1, 0.15) is 34.0 Å². The van der Waals surface area contributed by atoms with Crippen molar-refractivity contribution in [3.8, 4) is 23.0 Å². The first-order valence-corrected chi connectivity index (χ1v) is 19.6. The van der Waals surface area contributed by atoms with Crippen LogP contribution in [0.25, 0.3) is 43.6 Å². The third-order valence-electron chi connectivity index (χ3n) is 6.46. The Morgan fingerprint density at radius 2 is 0.854 bits per heavy atom. The van der Waals surface area contributed by atoms with E-state index in [-0.39, 0.29) is 52.0 Å². The molecule has 6 aromatic rings. The summed E-state index contributed by atoms with van der Waals surface area (Å²) in [6, 6.07) is 15.9. The fraction of sp³-hybridized carbons (Fsp3) is 0.333. The van der Waals surface area contributed by atoms with Crippen molar-refractivity contribution in [2.75, 3.05) is 0 Å². The zero-order valence-corrected chi connectivity index (χ0v) is 32.0. The minimum absolute atomic E-state index is 0. The molecular weight excluding hydrogens is 762 g/mol. The third kappa shape index (κ3) is 10.4. The molecule has 4 aromatic heterocycles. The molecule has 2 aromatic carbocycles. The zero-order chi connectivity index (χ0) is 34.1. The van der Waals surface area contributed by atoms with Crippen molar-refractivity contribution < 1.29 is 46.5 Å². The molecule has 0 aliphatic rings. The molecule has 0 atom stereocenters. The van der Waals surface area contributed by atoms with E-state index in [9.17, 15) is 0 Å². The van der Waals surface area contributed by atoms with Gasteiger partial charge in [-0.3, -0.25) is 19.9 Å². The van der Waals surface area contributed by atoms with Gasteiger partial charge in [-0.15, -0.1) is 0 Å². The second-order valence-corrected chi connectivity index (χ2v) is 14.2. The number of nitrogens with zero attached hydrogens (tertiary/aromatic N) is 4. The van der Waals surface area contributed by atoms with Gasteiger partial charge >= 0.3 is 34.5 Å². The molecule has 0 bridgehead atoms. The van der Waals surface area contributed by atoms with Gasteiger partial charge in [0, 0.05) is 33.9 Å². The van der Waals surface area contributed by atoms with Crippen LogP contribution >= 0.6 is 19.4 Å². The number of ether oxygens (including phenoxy) is 4. The van der Waals surface area contributed by atoms with E-state index in [0.29, 0.717) is 0 Å². The fourth-order valence-corrected chi connectivity index (χ4v) is 4.92. The van der Waals surface area contributed by atoms with Crippen LogP contribution in [-0.4, -0.2) is 44.4 Å². The number of benzene rings is 2. The minimum atomic E-state index is -0.226. The van der Waals surface area contributed by atoms with Gasteiger partial charge in [0.25, 0.3) is 0 Å². The normalized spacial score (nSPS) is 11.0. The van der Waals surface area contributed by atoms with E-state index in [1.807, 2.05) is 104 Å². The second kappa shape index (κ2) is 18.5. The van der Waals surface area contributed by atoms with E-state index in [1.165, 1.54) is 0 Å². The predicted molar refractivity (Wildman–Crippen MR) is 189 cm³/mol. The van der Waals surface area contributed by atoms with E-state index in [1.54, 1.807) is 24.8 Å². The van der Waals surface area contributed by atoms with E-state index in [4.69, 9.17) is 38.3 Å². The van der Waals surface area contributed by atoms with Crippen molar-refractivity contribution in [2.45, 2.75) is 79.8 Å². The van der Waals surface area contributed by atoms with Crippen LogP contribution in [0.4, 0.5) is 0 Å². The van der Waals surface area contributed by atoms with Crippen LogP contribution in [0.5, 0.6) is 23.0 Å². The molecule has 48 heavy (non-hydrogen) atoms. The average molecular weight is 802 g/mol. The van der Waals surface area contributed by atoms with Crippen LogP contribution in [0.15, 0.2) is 73.3 Å². The Labute approximate surface area is 304 Å². The zero-order valence-electron chi connectivity index (χ0n) is 28.1. The van der Waals surface area contributed by atoms with Gasteiger partial charge in [-0.05, 0) is 91.8 Å². The van der Waals surface area contributed by atoms with Crippen molar-refractivity contribution in [3.63, 3.8) is 0 Å². The summed E-state index contributed by atoms with van der Waals surface area (Å²) >= 11 is -0.226. The topological polar surface area (TPSA) is 88.5 Å². The Morgan fingerprint density at radius 3 is 1.19 bits per heavy atom. The molecule has 0 aliphatic carbocycles. The number of hydrogen-bond acceptors (Lipinski definition) is 8. The molecule has 0 saturated heterocycles. The van der Waals surface area contributed by atoms with Crippen LogP contribution in [-0.2, 0) is 15.1 Å². The summed E-state index contributed by atoms with van der Waals surface area (Å²) < 4.78 is 23.1. The summed E-state index contributed by atoms with van der Waals surface area (Å²) in [4.78, 5) is 18.0. The van der Waals surface area contributed by atoms with Crippen molar-refractivity contribution >= 4 is 63.0 Å². The van der Waals surface area contributed by atoms with Gasteiger partial charge in [-0.1, -0.05) is 12.1 Å². The number of hydrogen-bond donors (Lipinski definition) is 0. The molecule has 0 spiro atoms. The van der Waals surface area contributed by atoms with E-state index in [2.05, 4.69) is 19.9 Å². The summed E-state index contributed by atoms with van der Waals surface area (Å²) in [6.07, 6.45) is 7.53. The van der Waals surface area contributed by atoms with Gasteiger partial charge < -0.3 is 31.4 Å². The first-order chi connectivity index (χ1) is 22.5. The van der Waals surface area contributed by atoms with Crippen LogP contribution < -0.4 is 31.4 Å². The maximum absolute atomic E-state index is 5.86. The molecule has 0 N–H and O–H groups in total. The third-order valence-corrected chi connectivity index (χ3v) is 6.46. The molecule has 0 unspecified atom stereocenters. The number of fused-ring (bicyclic) bond motifs is 6. The van der Waals surface area contributed by atoms with E-state index >= 15 is 0 Å². The Balaban J connectivity index is 0.000000236. The van der Waals surface area contributed by atoms with Crippen molar-refractivity contribution in [1.29, 1.82) is 0 Å². The van der Waals surface area contributed by atoms with Crippen LogP contribution in [0.3, 0.4) is 0 Å². The Kier molecular flexibility index (Phi) is 15.1. The number of halogens is 3. The summed E-state index contributed by atoms with van der Waals surface area (Å²) in [7, 11) is 9.67. The molecule has 6 rings (SSSR count). The number of aromatic nitrogens is 4. The van der Waals surface area contributed by atoms with Crippen LogP contribution in [0.1, 0.15) is 55.4 Å². The first kappa shape index (κ1) is 39.2. The molecule has 4 heterocycles. The SMILES string of the molecule is CC(C)Oc1cnc2c(ccc3c(OC(C)C)ccnc32)c1.CC(C)Oc1cnc2c(ccc3c(OC(C)C)ccnc32)c1.[Cl-].[Cl][Rh+][Cl]. The molecule has 12 heteroatoms. The van der Waals surface area contributed by atoms with E-state index < -0.39 is 0 Å². The van der Waals surface area contributed by atoms with Crippen LogP contribution in [0.2, 0.25) is 0 Å². The van der Waals surface area contributed by atoms with Gasteiger partial charge in [0.2, 0.25) is 0 Å². The van der Waals surface area contributed by atoms with E-state index in [0.717, 1.165) is 66.6 Å². The van der Waals surface area contributed by atoms with Gasteiger partial charge in [0.15, 0.2) is 0 Å². The Bertz CT molecular complexity index is 1800. The Hall–Kier alpha value is -3.23. The number of rotatable bonds is 8.